The Bertz CT molecular complexity index is 438. The molecule has 0 aromatic heterocycles. The van der Waals surface area contributed by atoms with Gasteiger partial charge in [-0.3, -0.25) is 19.3 Å². The van der Waals surface area contributed by atoms with E-state index in [4.69, 9.17) is 0 Å². The van der Waals surface area contributed by atoms with E-state index in [1.165, 1.54) is 4.90 Å². The first-order valence-corrected chi connectivity index (χ1v) is 7.42. The number of nitrogens with one attached hydrogen (secondary N) is 1. The number of amides is 3. The normalized spacial score (nSPS) is 24.7. The van der Waals surface area contributed by atoms with Gasteiger partial charge in [0.15, 0.2) is 0 Å². The summed E-state index contributed by atoms with van der Waals surface area (Å²) in [4.78, 5) is 37.8. The summed E-state index contributed by atoms with van der Waals surface area (Å²) in [5.74, 6) is -0.311. The quantitative estimate of drug-likeness (QED) is 0.772. The lowest BCUT2D eigenvalue weighted by Gasteiger charge is -2.23. The number of rotatable bonds is 5. The Kier molecular flexibility index (Phi) is 3.89. The molecule has 1 heterocycles. The van der Waals surface area contributed by atoms with Crippen molar-refractivity contribution in [3.8, 4) is 0 Å². The molecular weight excluding hydrogens is 256 g/mol. The average Bonchev–Trinajstić information content (AvgIpc) is 3.06. The number of carbonyl (C=O) groups excluding carboxylic acids is 3. The third-order valence-electron chi connectivity index (χ3n) is 4.30. The highest BCUT2D eigenvalue weighted by Gasteiger charge is 2.54. The van der Waals surface area contributed by atoms with E-state index in [1.807, 2.05) is 27.7 Å². The van der Waals surface area contributed by atoms with Crippen LogP contribution in [0.4, 0.5) is 0 Å². The van der Waals surface area contributed by atoms with Crippen molar-refractivity contribution in [2.45, 2.75) is 53.0 Å². The van der Waals surface area contributed by atoms with Crippen LogP contribution in [0.5, 0.6) is 0 Å². The molecule has 1 unspecified atom stereocenters. The van der Waals surface area contributed by atoms with E-state index in [0.717, 1.165) is 12.8 Å². The van der Waals surface area contributed by atoms with Crippen LogP contribution in [-0.4, -0.2) is 35.2 Å². The fraction of sp³-hybridized carbons (Fsp3) is 0.800. The number of likely N-dealkylation sites (tertiary alicyclic amines) is 1. The van der Waals surface area contributed by atoms with Gasteiger partial charge in [0.1, 0.15) is 0 Å². The standard InChI is InChI=1S/C15H24N2O3/c1-9(2)11-7-12(18)17(13(11)19)8-15(5-6-15)14(20)16-10(3)4/h9-11H,5-8H2,1-4H3,(H,16,20). The van der Waals surface area contributed by atoms with Crippen LogP contribution in [0.15, 0.2) is 0 Å². The van der Waals surface area contributed by atoms with Crippen molar-refractivity contribution in [1.29, 1.82) is 0 Å². The van der Waals surface area contributed by atoms with Gasteiger partial charge >= 0.3 is 0 Å². The largest absolute Gasteiger partial charge is 0.353 e. The van der Waals surface area contributed by atoms with Gasteiger partial charge in [0, 0.05) is 24.9 Å². The van der Waals surface area contributed by atoms with Gasteiger partial charge < -0.3 is 5.32 Å². The highest BCUT2D eigenvalue weighted by Crippen LogP contribution is 2.47. The van der Waals surface area contributed by atoms with Gasteiger partial charge in [0.05, 0.1) is 5.41 Å². The molecule has 5 heteroatoms. The molecular formula is C15H24N2O3. The molecule has 3 amide bonds. The van der Waals surface area contributed by atoms with Gasteiger partial charge in [0.2, 0.25) is 17.7 Å². The summed E-state index contributed by atoms with van der Waals surface area (Å²) in [6.07, 6.45) is 1.81. The molecule has 20 heavy (non-hydrogen) atoms. The third-order valence-corrected chi connectivity index (χ3v) is 4.30. The van der Waals surface area contributed by atoms with Gasteiger partial charge in [-0.15, -0.1) is 0 Å². The average molecular weight is 280 g/mol. The summed E-state index contributed by atoms with van der Waals surface area (Å²) in [6, 6.07) is 0.0772. The van der Waals surface area contributed by atoms with Crippen molar-refractivity contribution >= 4 is 17.7 Å². The van der Waals surface area contributed by atoms with Gasteiger partial charge in [-0.05, 0) is 32.6 Å². The minimum absolute atomic E-state index is 0.0268. The SMILES string of the molecule is CC(C)NC(=O)C1(CN2C(=O)CC(C(C)C)C2=O)CC1. The molecule has 5 nitrogen and oxygen atoms in total. The molecule has 0 aromatic carbocycles. The number of carbonyl (C=O) groups is 3. The van der Waals surface area contributed by atoms with Crippen LogP contribution >= 0.6 is 0 Å². The van der Waals surface area contributed by atoms with E-state index in [0.29, 0.717) is 6.42 Å². The van der Waals surface area contributed by atoms with Crippen LogP contribution in [0.25, 0.3) is 0 Å². The third kappa shape index (κ3) is 2.72. The second kappa shape index (κ2) is 5.19. The second-order valence-corrected chi connectivity index (χ2v) is 6.78. The van der Waals surface area contributed by atoms with Crippen LogP contribution < -0.4 is 5.32 Å². The van der Waals surface area contributed by atoms with Crippen LogP contribution in [-0.2, 0) is 14.4 Å². The van der Waals surface area contributed by atoms with E-state index in [9.17, 15) is 14.4 Å². The zero-order chi connectivity index (χ0) is 15.1. The second-order valence-electron chi connectivity index (χ2n) is 6.78. The maximum Gasteiger partial charge on any atom is 0.233 e. The monoisotopic (exact) mass is 280 g/mol. The molecule has 1 aliphatic heterocycles. The fourth-order valence-electron chi connectivity index (χ4n) is 2.72. The molecule has 112 valence electrons. The maximum atomic E-state index is 12.3. The zero-order valence-corrected chi connectivity index (χ0v) is 12.7. The Morgan fingerprint density at radius 1 is 1.30 bits per heavy atom. The van der Waals surface area contributed by atoms with Gasteiger partial charge in [0.25, 0.3) is 0 Å². The van der Waals surface area contributed by atoms with E-state index < -0.39 is 5.41 Å². The first-order chi connectivity index (χ1) is 9.27. The Morgan fingerprint density at radius 3 is 2.30 bits per heavy atom. The number of imide groups is 1. The summed E-state index contributed by atoms with van der Waals surface area (Å²) in [5, 5.41) is 2.89. The molecule has 2 fully saturated rings. The molecule has 1 N–H and O–H groups in total. The lowest BCUT2D eigenvalue weighted by molar-refractivity contribution is -0.141. The van der Waals surface area contributed by atoms with E-state index >= 15 is 0 Å². The van der Waals surface area contributed by atoms with Gasteiger partial charge in [-0.1, -0.05) is 13.8 Å². The van der Waals surface area contributed by atoms with Crippen LogP contribution in [0, 0.1) is 17.3 Å². The molecule has 2 aliphatic rings. The summed E-state index contributed by atoms with van der Waals surface area (Å²) in [5.41, 5.74) is -0.526. The Balaban J connectivity index is 2.05. The Morgan fingerprint density at radius 2 is 1.90 bits per heavy atom. The van der Waals surface area contributed by atoms with Gasteiger partial charge in [-0.2, -0.15) is 0 Å². The molecule has 0 spiro atoms. The molecule has 1 saturated carbocycles. The van der Waals surface area contributed by atoms with E-state index in [1.54, 1.807) is 0 Å². The first kappa shape index (κ1) is 15.0. The maximum absolute atomic E-state index is 12.3. The molecule has 0 radical (unpaired) electrons. The first-order valence-electron chi connectivity index (χ1n) is 7.42. The van der Waals surface area contributed by atoms with Crippen molar-refractivity contribution < 1.29 is 14.4 Å². The van der Waals surface area contributed by atoms with E-state index in [2.05, 4.69) is 5.32 Å². The predicted octanol–water partition coefficient (Wildman–Crippen LogP) is 1.32. The van der Waals surface area contributed by atoms with Crippen molar-refractivity contribution in [2.24, 2.45) is 17.3 Å². The topological polar surface area (TPSA) is 66.5 Å². The van der Waals surface area contributed by atoms with Crippen molar-refractivity contribution in [3.05, 3.63) is 0 Å². The van der Waals surface area contributed by atoms with Crippen LogP contribution in [0.2, 0.25) is 0 Å². The number of nitrogens with zero attached hydrogens (tertiary/aromatic N) is 1. The van der Waals surface area contributed by atoms with Crippen molar-refractivity contribution in [2.75, 3.05) is 6.54 Å². The van der Waals surface area contributed by atoms with Crippen molar-refractivity contribution in [1.82, 2.24) is 10.2 Å². The van der Waals surface area contributed by atoms with Gasteiger partial charge in [-0.25, -0.2) is 0 Å². The molecule has 1 aliphatic carbocycles. The smallest absolute Gasteiger partial charge is 0.233 e. The van der Waals surface area contributed by atoms with Crippen molar-refractivity contribution in [3.63, 3.8) is 0 Å². The lowest BCUT2D eigenvalue weighted by atomic mass is 9.94. The highest BCUT2D eigenvalue weighted by atomic mass is 16.2. The lowest BCUT2D eigenvalue weighted by Crippen LogP contribution is -2.44. The van der Waals surface area contributed by atoms with E-state index in [-0.39, 0.29) is 42.1 Å². The molecule has 1 atom stereocenters. The zero-order valence-electron chi connectivity index (χ0n) is 12.7. The number of hydrogen-bond donors (Lipinski definition) is 1. The molecule has 1 saturated heterocycles. The predicted molar refractivity (Wildman–Crippen MR) is 74.6 cm³/mol. The molecule has 0 bridgehead atoms. The molecule has 2 rings (SSSR count). The Hall–Kier alpha value is -1.39. The Labute approximate surface area is 120 Å². The highest BCUT2D eigenvalue weighted by molar-refractivity contribution is 6.04. The summed E-state index contributed by atoms with van der Waals surface area (Å²) in [6.45, 7) is 7.99. The summed E-state index contributed by atoms with van der Waals surface area (Å²) in [7, 11) is 0. The minimum Gasteiger partial charge on any atom is -0.353 e. The van der Waals surface area contributed by atoms with Crippen LogP contribution in [0.1, 0.15) is 47.0 Å². The summed E-state index contributed by atoms with van der Waals surface area (Å²) < 4.78 is 0. The minimum atomic E-state index is -0.526. The van der Waals surface area contributed by atoms with Crippen LogP contribution in [0.3, 0.4) is 0 Å². The summed E-state index contributed by atoms with van der Waals surface area (Å²) >= 11 is 0. The molecule has 0 aromatic rings. The fourth-order valence-corrected chi connectivity index (χ4v) is 2.72. The number of hydrogen-bond acceptors (Lipinski definition) is 3.